The maximum atomic E-state index is 12.4. The number of aromatic nitrogens is 2. The number of hydrogen-bond acceptors (Lipinski definition) is 6. The van der Waals surface area contributed by atoms with E-state index in [0.29, 0.717) is 18.2 Å². The van der Waals surface area contributed by atoms with Crippen LogP contribution in [0.2, 0.25) is 0 Å². The number of ether oxygens (including phenoxy) is 1. The standard InChI is InChI=1S/C15H25N5O2.ClH/c1-9(2)6-10-7-11(20-15(16)18-10)14(21)19-12-8-17-5-4-13(12)22-3;/h7,9,12-13,17H,4-6,8H2,1-3H3,(H,19,21)(H2,16,18,20);1H/t12-,13+;/m0./s1. The van der Waals surface area contributed by atoms with Crippen molar-refractivity contribution in [2.75, 3.05) is 25.9 Å². The largest absolute Gasteiger partial charge is 0.379 e. The van der Waals surface area contributed by atoms with E-state index in [1.54, 1.807) is 13.2 Å². The molecule has 130 valence electrons. The minimum atomic E-state index is -0.241. The number of rotatable bonds is 5. The predicted octanol–water partition coefficient (Wildman–Crippen LogP) is 0.786. The molecule has 2 atom stereocenters. The van der Waals surface area contributed by atoms with Gasteiger partial charge in [-0.3, -0.25) is 4.79 Å². The maximum absolute atomic E-state index is 12.4. The quantitative estimate of drug-likeness (QED) is 0.730. The molecule has 0 aliphatic carbocycles. The highest BCUT2D eigenvalue weighted by molar-refractivity contribution is 5.92. The number of carbonyl (C=O) groups excluding carboxylic acids is 1. The van der Waals surface area contributed by atoms with Crippen LogP contribution in [0.15, 0.2) is 6.07 Å². The van der Waals surface area contributed by atoms with E-state index in [9.17, 15) is 4.79 Å². The van der Waals surface area contributed by atoms with Crippen LogP contribution in [0.25, 0.3) is 0 Å². The average Bonchev–Trinajstić information content (AvgIpc) is 2.46. The number of carbonyl (C=O) groups is 1. The Bertz CT molecular complexity index is 527. The molecule has 0 unspecified atom stereocenters. The highest BCUT2D eigenvalue weighted by atomic mass is 35.5. The normalized spacial score (nSPS) is 20.9. The molecule has 1 aliphatic rings. The summed E-state index contributed by atoms with van der Waals surface area (Å²) in [5, 5.41) is 6.22. The van der Waals surface area contributed by atoms with Crippen molar-refractivity contribution in [2.24, 2.45) is 5.92 Å². The van der Waals surface area contributed by atoms with Crippen LogP contribution in [0.5, 0.6) is 0 Å². The summed E-state index contributed by atoms with van der Waals surface area (Å²) < 4.78 is 5.43. The van der Waals surface area contributed by atoms with Gasteiger partial charge in [-0.2, -0.15) is 0 Å². The fourth-order valence-electron chi connectivity index (χ4n) is 2.66. The van der Waals surface area contributed by atoms with Gasteiger partial charge in [0.15, 0.2) is 0 Å². The number of amides is 1. The Morgan fingerprint density at radius 2 is 2.26 bits per heavy atom. The first-order chi connectivity index (χ1) is 10.5. The highest BCUT2D eigenvalue weighted by Crippen LogP contribution is 2.11. The lowest BCUT2D eigenvalue weighted by molar-refractivity contribution is 0.0446. The van der Waals surface area contributed by atoms with Gasteiger partial charge in [0.2, 0.25) is 5.95 Å². The molecular formula is C15H26ClN5O2. The summed E-state index contributed by atoms with van der Waals surface area (Å²) in [6.45, 7) is 5.76. The van der Waals surface area contributed by atoms with Crippen LogP contribution >= 0.6 is 12.4 Å². The van der Waals surface area contributed by atoms with Crippen LogP contribution in [-0.2, 0) is 11.2 Å². The van der Waals surface area contributed by atoms with Crippen molar-refractivity contribution >= 4 is 24.3 Å². The summed E-state index contributed by atoms with van der Waals surface area (Å²) in [6.07, 6.45) is 1.64. The molecule has 2 heterocycles. The molecule has 2 rings (SSSR count). The highest BCUT2D eigenvalue weighted by Gasteiger charge is 2.27. The lowest BCUT2D eigenvalue weighted by Crippen LogP contribution is -2.54. The molecule has 1 saturated heterocycles. The van der Waals surface area contributed by atoms with Crippen LogP contribution in [0.3, 0.4) is 0 Å². The van der Waals surface area contributed by atoms with Crippen molar-refractivity contribution in [2.45, 2.75) is 38.8 Å². The van der Waals surface area contributed by atoms with Crippen molar-refractivity contribution in [3.05, 3.63) is 17.5 Å². The minimum Gasteiger partial charge on any atom is -0.379 e. The lowest BCUT2D eigenvalue weighted by atomic mass is 10.0. The summed E-state index contributed by atoms with van der Waals surface area (Å²) in [6, 6.07) is 1.64. The molecule has 0 aromatic carbocycles. The Morgan fingerprint density at radius 1 is 1.52 bits per heavy atom. The monoisotopic (exact) mass is 343 g/mol. The van der Waals surface area contributed by atoms with Gasteiger partial charge in [0.1, 0.15) is 5.69 Å². The maximum Gasteiger partial charge on any atom is 0.270 e. The lowest BCUT2D eigenvalue weighted by Gasteiger charge is -2.31. The van der Waals surface area contributed by atoms with Gasteiger partial charge in [-0.1, -0.05) is 13.8 Å². The van der Waals surface area contributed by atoms with Gasteiger partial charge < -0.3 is 21.1 Å². The second-order valence-electron chi connectivity index (χ2n) is 6.05. The van der Waals surface area contributed by atoms with E-state index >= 15 is 0 Å². The smallest absolute Gasteiger partial charge is 0.270 e. The topological polar surface area (TPSA) is 102 Å². The number of anilines is 1. The summed E-state index contributed by atoms with van der Waals surface area (Å²) >= 11 is 0. The second-order valence-corrected chi connectivity index (χ2v) is 6.05. The molecule has 0 radical (unpaired) electrons. The Kier molecular flexibility index (Phi) is 7.67. The summed E-state index contributed by atoms with van der Waals surface area (Å²) in [4.78, 5) is 20.7. The van der Waals surface area contributed by atoms with Gasteiger partial charge in [0.05, 0.1) is 12.1 Å². The molecule has 23 heavy (non-hydrogen) atoms. The van der Waals surface area contributed by atoms with Crippen molar-refractivity contribution in [3.63, 3.8) is 0 Å². The van der Waals surface area contributed by atoms with E-state index in [-0.39, 0.29) is 36.4 Å². The third-order valence-corrected chi connectivity index (χ3v) is 3.68. The number of halogens is 1. The van der Waals surface area contributed by atoms with Gasteiger partial charge in [-0.15, -0.1) is 12.4 Å². The van der Waals surface area contributed by atoms with Crippen LogP contribution in [0.4, 0.5) is 5.95 Å². The van der Waals surface area contributed by atoms with E-state index in [4.69, 9.17) is 10.5 Å². The number of methoxy groups -OCH3 is 1. The molecule has 8 heteroatoms. The van der Waals surface area contributed by atoms with E-state index in [2.05, 4.69) is 34.4 Å². The van der Waals surface area contributed by atoms with E-state index < -0.39 is 0 Å². The van der Waals surface area contributed by atoms with Gasteiger partial charge in [0.25, 0.3) is 5.91 Å². The number of nitrogens with two attached hydrogens (primary N) is 1. The molecule has 1 fully saturated rings. The Labute approximate surface area is 143 Å². The van der Waals surface area contributed by atoms with Crippen molar-refractivity contribution in [3.8, 4) is 0 Å². The minimum absolute atomic E-state index is 0. The molecule has 0 saturated carbocycles. The molecule has 1 aliphatic heterocycles. The summed E-state index contributed by atoms with van der Waals surface area (Å²) in [5.74, 6) is 0.328. The third-order valence-electron chi connectivity index (χ3n) is 3.68. The van der Waals surface area contributed by atoms with Gasteiger partial charge >= 0.3 is 0 Å². The van der Waals surface area contributed by atoms with Gasteiger partial charge in [-0.25, -0.2) is 9.97 Å². The number of hydrogen-bond donors (Lipinski definition) is 3. The number of nitrogens with zero attached hydrogens (tertiary/aromatic N) is 2. The van der Waals surface area contributed by atoms with Crippen LogP contribution in [0.1, 0.15) is 36.5 Å². The molecule has 7 nitrogen and oxygen atoms in total. The fourth-order valence-corrected chi connectivity index (χ4v) is 2.66. The first-order valence-electron chi connectivity index (χ1n) is 7.67. The predicted molar refractivity (Wildman–Crippen MR) is 91.8 cm³/mol. The van der Waals surface area contributed by atoms with E-state index in [1.807, 2.05) is 0 Å². The first-order valence-corrected chi connectivity index (χ1v) is 7.67. The SMILES string of the molecule is CO[C@@H]1CCNC[C@@H]1NC(=O)c1cc(CC(C)C)nc(N)n1.Cl. The molecule has 1 aromatic rings. The van der Waals surface area contributed by atoms with Crippen LogP contribution in [-0.4, -0.2) is 48.2 Å². The first kappa shape index (κ1) is 19.6. The van der Waals surface area contributed by atoms with Crippen molar-refractivity contribution in [1.29, 1.82) is 0 Å². The Balaban J connectivity index is 0.00000264. The van der Waals surface area contributed by atoms with E-state index in [1.165, 1.54) is 0 Å². The van der Waals surface area contributed by atoms with Crippen molar-refractivity contribution in [1.82, 2.24) is 20.6 Å². The second kappa shape index (κ2) is 9.00. The number of nitrogens with one attached hydrogen (secondary N) is 2. The summed E-state index contributed by atoms with van der Waals surface area (Å²) in [5.41, 5.74) is 6.82. The molecule has 1 amide bonds. The molecular weight excluding hydrogens is 318 g/mol. The zero-order valence-corrected chi connectivity index (χ0v) is 14.7. The number of nitrogen functional groups attached to an aromatic ring is 1. The Morgan fingerprint density at radius 3 is 2.91 bits per heavy atom. The molecule has 0 spiro atoms. The fraction of sp³-hybridized carbons (Fsp3) is 0.667. The molecule has 4 N–H and O–H groups in total. The zero-order valence-electron chi connectivity index (χ0n) is 13.8. The average molecular weight is 344 g/mol. The number of piperidine rings is 1. The van der Waals surface area contributed by atoms with Gasteiger partial charge in [-0.05, 0) is 31.4 Å². The third kappa shape index (κ3) is 5.60. The van der Waals surface area contributed by atoms with Crippen LogP contribution in [0, 0.1) is 5.92 Å². The van der Waals surface area contributed by atoms with Gasteiger partial charge in [0, 0.05) is 19.3 Å². The Hall–Kier alpha value is -1.44. The van der Waals surface area contributed by atoms with Crippen LogP contribution < -0.4 is 16.4 Å². The molecule has 0 bridgehead atoms. The van der Waals surface area contributed by atoms with Crippen molar-refractivity contribution < 1.29 is 9.53 Å². The van der Waals surface area contributed by atoms with E-state index in [0.717, 1.165) is 25.1 Å². The summed E-state index contributed by atoms with van der Waals surface area (Å²) in [7, 11) is 1.67. The zero-order chi connectivity index (χ0) is 16.1. The molecule has 1 aromatic heterocycles.